The Hall–Kier alpha value is -3.42. The third kappa shape index (κ3) is 3.59. The van der Waals surface area contributed by atoms with Crippen LogP contribution in [-0.4, -0.2) is 30.3 Å². The van der Waals surface area contributed by atoms with Crippen molar-refractivity contribution in [2.24, 2.45) is 0 Å². The first kappa shape index (κ1) is 18.4. The quantitative estimate of drug-likeness (QED) is 0.710. The highest BCUT2D eigenvalue weighted by atomic mass is 19.2. The molecule has 0 aliphatic carbocycles. The molecule has 1 aromatic heterocycles. The number of halogens is 2. The highest BCUT2D eigenvalue weighted by Gasteiger charge is 2.18. The lowest BCUT2D eigenvalue weighted by Gasteiger charge is -2.11. The van der Waals surface area contributed by atoms with Crippen molar-refractivity contribution in [2.45, 2.75) is 6.92 Å². The number of nitrogens with one attached hydrogen (secondary N) is 2. The Bertz CT molecular complexity index is 1000. The van der Waals surface area contributed by atoms with E-state index in [0.29, 0.717) is 39.7 Å². The standard InChI is InChI=1S/C19H17F2N3O3/c1-10-17(18(24-23-10)11-4-6-13(20)14(21)8-11)22-19(25)12-5-7-15(26-2)16(9-12)27-3/h4-9H,1-3H3,(H,22,25)(H,23,24). The first-order chi connectivity index (χ1) is 12.9. The Kier molecular flexibility index (Phi) is 5.07. The van der Waals surface area contributed by atoms with Gasteiger partial charge in [0.05, 0.1) is 25.6 Å². The predicted molar refractivity (Wildman–Crippen MR) is 96.2 cm³/mol. The van der Waals surface area contributed by atoms with Crippen LogP contribution in [0.4, 0.5) is 14.5 Å². The van der Waals surface area contributed by atoms with E-state index in [1.807, 2.05) is 0 Å². The fraction of sp³-hybridized carbons (Fsp3) is 0.158. The van der Waals surface area contributed by atoms with Crippen molar-refractivity contribution in [1.82, 2.24) is 10.2 Å². The number of anilines is 1. The zero-order chi connectivity index (χ0) is 19.6. The summed E-state index contributed by atoms with van der Waals surface area (Å²) < 4.78 is 37.1. The van der Waals surface area contributed by atoms with E-state index < -0.39 is 17.5 Å². The van der Waals surface area contributed by atoms with E-state index in [0.717, 1.165) is 12.1 Å². The number of carbonyl (C=O) groups is 1. The van der Waals surface area contributed by atoms with E-state index in [1.165, 1.54) is 20.3 Å². The molecule has 3 aromatic rings. The largest absolute Gasteiger partial charge is 0.493 e. The molecule has 0 spiro atoms. The van der Waals surface area contributed by atoms with Gasteiger partial charge in [0.2, 0.25) is 0 Å². The van der Waals surface area contributed by atoms with Crippen LogP contribution in [0.1, 0.15) is 16.1 Å². The maximum atomic E-state index is 13.6. The van der Waals surface area contributed by atoms with Crippen molar-refractivity contribution >= 4 is 11.6 Å². The van der Waals surface area contributed by atoms with E-state index >= 15 is 0 Å². The Morgan fingerprint density at radius 1 is 1.04 bits per heavy atom. The maximum Gasteiger partial charge on any atom is 0.255 e. The molecule has 0 saturated carbocycles. The maximum absolute atomic E-state index is 13.6. The van der Waals surface area contributed by atoms with Crippen LogP contribution >= 0.6 is 0 Å². The van der Waals surface area contributed by atoms with Gasteiger partial charge in [0.25, 0.3) is 5.91 Å². The Balaban J connectivity index is 1.93. The lowest BCUT2D eigenvalue weighted by atomic mass is 10.1. The van der Waals surface area contributed by atoms with Crippen LogP contribution in [0.5, 0.6) is 11.5 Å². The summed E-state index contributed by atoms with van der Waals surface area (Å²) in [5, 5.41) is 9.58. The monoisotopic (exact) mass is 373 g/mol. The van der Waals surface area contributed by atoms with Crippen molar-refractivity contribution in [2.75, 3.05) is 19.5 Å². The van der Waals surface area contributed by atoms with Crippen LogP contribution < -0.4 is 14.8 Å². The van der Waals surface area contributed by atoms with Crippen LogP contribution in [0.25, 0.3) is 11.3 Å². The molecule has 27 heavy (non-hydrogen) atoms. The third-order valence-electron chi connectivity index (χ3n) is 4.02. The van der Waals surface area contributed by atoms with Gasteiger partial charge in [0.15, 0.2) is 23.1 Å². The summed E-state index contributed by atoms with van der Waals surface area (Å²) in [6.45, 7) is 1.71. The van der Waals surface area contributed by atoms with E-state index in [4.69, 9.17) is 9.47 Å². The van der Waals surface area contributed by atoms with Gasteiger partial charge in [0.1, 0.15) is 5.69 Å². The molecule has 0 atom stereocenters. The zero-order valence-electron chi connectivity index (χ0n) is 14.9. The Labute approximate surface area is 154 Å². The molecule has 140 valence electrons. The molecular formula is C19H17F2N3O3. The van der Waals surface area contributed by atoms with Crippen LogP contribution in [0.15, 0.2) is 36.4 Å². The van der Waals surface area contributed by atoms with Crippen LogP contribution in [0.2, 0.25) is 0 Å². The minimum atomic E-state index is -0.995. The minimum absolute atomic E-state index is 0.306. The van der Waals surface area contributed by atoms with Crippen LogP contribution in [0, 0.1) is 18.6 Å². The van der Waals surface area contributed by atoms with Gasteiger partial charge in [-0.15, -0.1) is 0 Å². The third-order valence-corrected chi connectivity index (χ3v) is 4.02. The molecule has 1 amide bonds. The van der Waals surface area contributed by atoms with Crippen molar-refractivity contribution in [1.29, 1.82) is 0 Å². The smallest absolute Gasteiger partial charge is 0.255 e. The molecule has 0 saturated heterocycles. The molecule has 0 radical (unpaired) electrons. The summed E-state index contributed by atoms with van der Waals surface area (Å²) in [5.74, 6) is -1.46. The summed E-state index contributed by atoms with van der Waals surface area (Å²) in [7, 11) is 2.97. The second-order valence-electron chi connectivity index (χ2n) is 5.72. The Morgan fingerprint density at radius 3 is 2.44 bits per heavy atom. The van der Waals surface area contributed by atoms with E-state index in [1.54, 1.807) is 25.1 Å². The van der Waals surface area contributed by atoms with Crippen LogP contribution in [0.3, 0.4) is 0 Å². The lowest BCUT2D eigenvalue weighted by Crippen LogP contribution is -2.13. The minimum Gasteiger partial charge on any atom is -0.493 e. The molecule has 8 heteroatoms. The van der Waals surface area contributed by atoms with Gasteiger partial charge in [-0.05, 0) is 43.3 Å². The average Bonchev–Trinajstić information content (AvgIpc) is 3.03. The second kappa shape index (κ2) is 7.45. The fourth-order valence-electron chi connectivity index (χ4n) is 2.60. The van der Waals surface area contributed by atoms with Crippen molar-refractivity contribution in [3.63, 3.8) is 0 Å². The van der Waals surface area contributed by atoms with Gasteiger partial charge in [-0.1, -0.05) is 0 Å². The molecule has 0 aliphatic rings. The van der Waals surface area contributed by atoms with Crippen molar-refractivity contribution in [3.05, 3.63) is 59.3 Å². The zero-order valence-corrected chi connectivity index (χ0v) is 14.9. The second-order valence-corrected chi connectivity index (χ2v) is 5.72. The number of H-pyrrole nitrogens is 1. The van der Waals surface area contributed by atoms with Gasteiger partial charge >= 0.3 is 0 Å². The molecule has 0 aliphatic heterocycles. The molecular weight excluding hydrogens is 356 g/mol. The van der Waals surface area contributed by atoms with E-state index in [9.17, 15) is 13.6 Å². The van der Waals surface area contributed by atoms with Gasteiger partial charge in [-0.3, -0.25) is 9.89 Å². The number of rotatable bonds is 5. The SMILES string of the molecule is COc1ccc(C(=O)Nc2c(-c3ccc(F)c(F)c3)n[nH]c2C)cc1OC. The van der Waals surface area contributed by atoms with Gasteiger partial charge < -0.3 is 14.8 Å². The van der Waals surface area contributed by atoms with Crippen molar-refractivity contribution < 1.29 is 23.0 Å². The van der Waals surface area contributed by atoms with Gasteiger partial charge in [-0.25, -0.2) is 8.78 Å². The molecule has 2 aromatic carbocycles. The Morgan fingerprint density at radius 2 is 1.78 bits per heavy atom. The predicted octanol–water partition coefficient (Wildman–Crippen LogP) is 3.93. The number of benzene rings is 2. The number of aromatic nitrogens is 2. The summed E-state index contributed by atoms with van der Waals surface area (Å²) >= 11 is 0. The van der Waals surface area contributed by atoms with Gasteiger partial charge in [-0.2, -0.15) is 5.10 Å². The van der Waals surface area contributed by atoms with Crippen molar-refractivity contribution in [3.8, 4) is 22.8 Å². The molecule has 0 bridgehead atoms. The fourth-order valence-corrected chi connectivity index (χ4v) is 2.60. The number of methoxy groups -OCH3 is 2. The first-order valence-corrected chi connectivity index (χ1v) is 7.98. The summed E-state index contributed by atoms with van der Waals surface area (Å²) in [5.41, 5.74) is 1.93. The number of hydrogen-bond acceptors (Lipinski definition) is 4. The van der Waals surface area contributed by atoms with E-state index in [-0.39, 0.29) is 0 Å². The molecule has 3 rings (SSSR count). The number of nitrogens with zero attached hydrogens (tertiary/aromatic N) is 1. The average molecular weight is 373 g/mol. The number of aryl methyl sites for hydroxylation is 1. The number of ether oxygens (including phenoxy) is 2. The highest BCUT2D eigenvalue weighted by molar-refractivity contribution is 6.06. The first-order valence-electron chi connectivity index (χ1n) is 7.98. The van der Waals surface area contributed by atoms with Gasteiger partial charge in [0, 0.05) is 11.1 Å². The lowest BCUT2D eigenvalue weighted by molar-refractivity contribution is 0.102. The normalized spacial score (nSPS) is 10.6. The summed E-state index contributed by atoms with van der Waals surface area (Å²) in [6, 6.07) is 8.17. The number of carbonyl (C=O) groups excluding carboxylic acids is 1. The molecule has 1 heterocycles. The summed E-state index contributed by atoms with van der Waals surface area (Å²) in [6.07, 6.45) is 0. The highest BCUT2D eigenvalue weighted by Crippen LogP contribution is 2.31. The molecule has 6 nitrogen and oxygen atoms in total. The number of aromatic amines is 1. The number of amides is 1. The topological polar surface area (TPSA) is 76.2 Å². The molecule has 0 fully saturated rings. The molecule has 2 N–H and O–H groups in total. The van der Waals surface area contributed by atoms with Crippen LogP contribution in [-0.2, 0) is 0 Å². The summed E-state index contributed by atoms with van der Waals surface area (Å²) in [4.78, 5) is 12.7. The number of hydrogen-bond donors (Lipinski definition) is 2. The molecule has 0 unspecified atom stereocenters. The van der Waals surface area contributed by atoms with E-state index in [2.05, 4.69) is 15.5 Å².